The Kier molecular flexibility index (Phi) is 13.9. The molecule has 48 heavy (non-hydrogen) atoms. The van der Waals surface area contributed by atoms with Crippen molar-refractivity contribution < 1.29 is 43.2 Å². The zero-order chi connectivity index (χ0) is 34.3. The highest BCUT2D eigenvalue weighted by atomic mass is 16.7. The summed E-state index contributed by atoms with van der Waals surface area (Å²) in [5, 5.41) is 13.0. The Balaban J connectivity index is 1.66. The first-order chi connectivity index (χ1) is 23.4. The lowest BCUT2D eigenvalue weighted by atomic mass is 9.94. The van der Waals surface area contributed by atoms with Crippen molar-refractivity contribution in [2.24, 2.45) is 11.8 Å². The van der Waals surface area contributed by atoms with Gasteiger partial charge in [0.15, 0.2) is 24.6 Å². The second-order valence-corrected chi connectivity index (χ2v) is 11.4. The normalized spacial score (nSPS) is 21.6. The van der Waals surface area contributed by atoms with Crippen LogP contribution in [-0.4, -0.2) is 67.6 Å². The number of hydrogen-bond donors (Lipinski definition) is 2. The minimum Gasteiger partial charge on any atom is -0.454 e. The number of anilines is 1. The summed E-state index contributed by atoms with van der Waals surface area (Å²) >= 11 is 0. The summed E-state index contributed by atoms with van der Waals surface area (Å²) in [4.78, 5) is 40.8. The molecule has 3 aromatic carbocycles. The molecular weight excluding hydrogens is 614 g/mol. The summed E-state index contributed by atoms with van der Waals surface area (Å²) in [5.41, 5.74) is 2.27. The molecule has 0 saturated carbocycles. The smallest absolute Gasteiger partial charge is 0.412 e. The van der Waals surface area contributed by atoms with E-state index in [4.69, 9.17) is 23.7 Å². The van der Waals surface area contributed by atoms with Gasteiger partial charge in [-0.15, -0.1) is 13.2 Å². The van der Waals surface area contributed by atoms with Crippen molar-refractivity contribution in [2.75, 3.05) is 19.0 Å². The van der Waals surface area contributed by atoms with Gasteiger partial charge in [0.1, 0.15) is 6.10 Å². The molecule has 10 nitrogen and oxygen atoms in total. The number of aliphatic hydroxyl groups is 1. The third-order valence-electron chi connectivity index (χ3n) is 7.99. The summed E-state index contributed by atoms with van der Waals surface area (Å²) in [6.45, 7) is 6.99. The first-order valence-electron chi connectivity index (χ1n) is 15.9. The zero-order valence-electron chi connectivity index (χ0n) is 27.0. The number of aliphatic hydroxyl groups excluding tert-OH is 1. The summed E-state index contributed by atoms with van der Waals surface area (Å²) < 4.78 is 29.5. The Bertz CT molecular complexity index is 1470. The number of ether oxygens (including phenoxy) is 5. The fourth-order valence-electron chi connectivity index (χ4n) is 5.60. The van der Waals surface area contributed by atoms with E-state index in [0.29, 0.717) is 24.9 Å². The molecule has 1 saturated heterocycles. The van der Waals surface area contributed by atoms with Gasteiger partial charge < -0.3 is 28.8 Å². The molecule has 1 aliphatic rings. The van der Waals surface area contributed by atoms with Crippen molar-refractivity contribution in [1.29, 1.82) is 0 Å². The molecule has 0 aromatic heterocycles. The van der Waals surface area contributed by atoms with Crippen LogP contribution < -0.4 is 5.32 Å². The van der Waals surface area contributed by atoms with Gasteiger partial charge in [0, 0.05) is 12.8 Å². The van der Waals surface area contributed by atoms with Crippen LogP contribution in [0.5, 0.6) is 0 Å². The summed E-state index contributed by atoms with van der Waals surface area (Å²) in [6.07, 6.45) is -2.98. The fraction of sp³-hybridized carbons (Fsp3) is 0.342. The van der Waals surface area contributed by atoms with Crippen molar-refractivity contribution >= 4 is 23.7 Å². The molecule has 0 spiro atoms. The van der Waals surface area contributed by atoms with E-state index in [2.05, 4.69) is 18.5 Å². The Morgan fingerprint density at radius 3 is 1.69 bits per heavy atom. The van der Waals surface area contributed by atoms with Gasteiger partial charge in [0.25, 0.3) is 0 Å². The molecule has 1 amide bonds. The molecule has 0 bridgehead atoms. The largest absolute Gasteiger partial charge is 0.454 e. The van der Waals surface area contributed by atoms with Gasteiger partial charge in [-0.1, -0.05) is 91.0 Å². The van der Waals surface area contributed by atoms with Gasteiger partial charge in [-0.05, 0) is 48.9 Å². The number of benzene rings is 3. The molecule has 4 rings (SSSR count). The number of allylic oxidation sites excluding steroid dienone is 2. The van der Waals surface area contributed by atoms with Crippen LogP contribution in [0.4, 0.5) is 10.5 Å². The van der Waals surface area contributed by atoms with E-state index in [0.717, 1.165) is 11.1 Å². The lowest BCUT2D eigenvalue weighted by Crippen LogP contribution is -2.63. The van der Waals surface area contributed by atoms with Crippen LogP contribution in [0.25, 0.3) is 0 Å². The number of carbonyl (C=O) groups is 3. The molecule has 2 N–H and O–H groups in total. The molecule has 3 aromatic rings. The standard InChI is InChI=1S/C38H43NO9/c1-4-15-28(23-26-17-9-6-10-18-26)35(41)46-33-32(48-38(43)39-30-21-13-8-14-22-30)31(25-40)45-37(44-3)34(33)47-36(42)29(16-5-2)24-27-19-11-7-12-20-27/h4-14,17-22,28-29,31-34,37,40H,1-2,15-16,23-25H2,3H3,(H,39,43)/t28-,29-,31+,32+,33-,34+,37-/m0/s1. The maximum absolute atomic E-state index is 13.9. The molecule has 7 atom stereocenters. The monoisotopic (exact) mass is 657 g/mol. The SMILES string of the molecule is C=CC[C@@H](Cc1ccccc1)C(=O)O[C@@H]1[C@@H](OC(=O)[C@@H](CC=C)Cc2ccccc2)[C@@H](OC)O[C@H](CO)[C@H]1OC(=O)Nc1ccccc1. The van der Waals surface area contributed by atoms with Gasteiger partial charge in [-0.3, -0.25) is 14.9 Å². The van der Waals surface area contributed by atoms with Crippen LogP contribution in [0.2, 0.25) is 0 Å². The van der Waals surface area contributed by atoms with E-state index in [-0.39, 0.29) is 6.42 Å². The molecule has 254 valence electrons. The number of hydrogen-bond acceptors (Lipinski definition) is 9. The first kappa shape index (κ1) is 36.1. The number of carbonyl (C=O) groups excluding carboxylic acids is 3. The quantitative estimate of drug-likeness (QED) is 0.114. The first-order valence-corrected chi connectivity index (χ1v) is 15.9. The maximum atomic E-state index is 13.9. The number of rotatable bonds is 16. The van der Waals surface area contributed by atoms with Gasteiger partial charge in [-0.25, -0.2) is 4.79 Å². The predicted molar refractivity (Wildman–Crippen MR) is 180 cm³/mol. The van der Waals surface area contributed by atoms with Gasteiger partial charge >= 0.3 is 18.0 Å². The fourth-order valence-corrected chi connectivity index (χ4v) is 5.60. The number of nitrogens with one attached hydrogen (secondary N) is 1. The van der Waals surface area contributed by atoms with Crippen molar-refractivity contribution in [2.45, 2.75) is 56.4 Å². The van der Waals surface area contributed by atoms with Crippen LogP contribution in [0.1, 0.15) is 24.0 Å². The van der Waals surface area contributed by atoms with E-state index < -0.39 is 67.2 Å². The Hall–Kier alpha value is -4.77. The van der Waals surface area contributed by atoms with E-state index in [1.54, 1.807) is 42.5 Å². The topological polar surface area (TPSA) is 130 Å². The lowest BCUT2D eigenvalue weighted by Gasteiger charge is -2.44. The van der Waals surface area contributed by atoms with Crippen LogP contribution in [0, 0.1) is 11.8 Å². The average molecular weight is 658 g/mol. The molecule has 0 aliphatic carbocycles. The van der Waals surface area contributed by atoms with Crippen molar-refractivity contribution in [1.82, 2.24) is 0 Å². The highest BCUT2D eigenvalue weighted by Crippen LogP contribution is 2.32. The predicted octanol–water partition coefficient (Wildman–Crippen LogP) is 5.66. The Morgan fingerprint density at radius 1 is 0.750 bits per heavy atom. The molecule has 1 fully saturated rings. The number of esters is 2. The van der Waals surface area contributed by atoms with E-state index in [9.17, 15) is 19.5 Å². The van der Waals surface area contributed by atoms with Crippen LogP contribution in [0.15, 0.2) is 116 Å². The third-order valence-corrected chi connectivity index (χ3v) is 7.99. The average Bonchev–Trinajstić information content (AvgIpc) is 3.10. The second-order valence-electron chi connectivity index (χ2n) is 11.4. The number of para-hydroxylation sites is 1. The van der Waals surface area contributed by atoms with Crippen molar-refractivity contribution in [3.63, 3.8) is 0 Å². The summed E-state index contributed by atoms with van der Waals surface area (Å²) in [7, 11) is 1.34. The Morgan fingerprint density at radius 2 is 1.23 bits per heavy atom. The molecule has 0 radical (unpaired) electrons. The summed E-state index contributed by atoms with van der Waals surface area (Å²) in [6, 6.07) is 27.5. The van der Waals surface area contributed by atoms with E-state index in [1.807, 2.05) is 60.7 Å². The highest BCUT2D eigenvalue weighted by molar-refractivity contribution is 5.84. The van der Waals surface area contributed by atoms with Crippen molar-refractivity contribution in [3.05, 3.63) is 127 Å². The van der Waals surface area contributed by atoms with Gasteiger partial charge in [-0.2, -0.15) is 0 Å². The van der Waals surface area contributed by atoms with E-state index >= 15 is 0 Å². The van der Waals surface area contributed by atoms with Crippen LogP contribution in [-0.2, 0) is 46.1 Å². The van der Waals surface area contributed by atoms with Gasteiger partial charge in [0.2, 0.25) is 0 Å². The van der Waals surface area contributed by atoms with Crippen LogP contribution in [0.3, 0.4) is 0 Å². The van der Waals surface area contributed by atoms with Crippen molar-refractivity contribution in [3.8, 4) is 0 Å². The third kappa shape index (κ3) is 10.1. The molecule has 1 aliphatic heterocycles. The highest BCUT2D eigenvalue weighted by Gasteiger charge is 2.53. The van der Waals surface area contributed by atoms with Gasteiger partial charge in [0.05, 0.1) is 18.4 Å². The molecule has 10 heteroatoms. The number of amides is 1. The lowest BCUT2D eigenvalue weighted by molar-refractivity contribution is -0.300. The molecule has 1 heterocycles. The second kappa shape index (κ2) is 18.5. The molecular formula is C38H43NO9. The minimum atomic E-state index is -1.41. The zero-order valence-corrected chi connectivity index (χ0v) is 27.0. The van der Waals surface area contributed by atoms with E-state index in [1.165, 1.54) is 7.11 Å². The number of methoxy groups -OCH3 is 1. The summed E-state index contributed by atoms with van der Waals surface area (Å²) in [5.74, 6) is -2.55. The maximum Gasteiger partial charge on any atom is 0.412 e. The Labute approximate surface area is 281 Å². The minimum absolute atomic E-state index is 0.289. The molecule has 0 unspecified atom stereocenters. The van der Waals surface area contributed by atoms with Crippen LogP contribution >= 0.6 is 0 Å².